The predicted molar refractivity (Wildman–Crippen MR) is 107 cm³/mol. The Labute approximate surface area is 176 Å². The van der Waals surface area contributed by atoms with Gasteiger partial charge in [-0.05, 0) is 66.9 Å². The van der Waals surface area contributed by atoms with Crippen LogP contribution in [0.15, 0.2) is 36.4 Å². The van der Waals surface area contributed by atoms with Crippen LogP contribution in [0.4, 0.5) is 13.2 Å². The van der Waals surface area contributed by atoms with Crippen molar-refractivity contribution in [2.75, 3.05) is 6.54 Å². The molecule has 4 rings (SSSR count). The average Bonchev–Trinajstić information content (AvgIpc) is 3.06. The zero-order chi connectivity index (χ0) is 22.2. The van der Waals surface area contributed by atoms with Gasteiger partial charge in [0.15, 0.2) is 0 Å². The van der Waals surface area contributed by atoms with E-state index in [2.05, 4.69) is 15.0 Å². The second kappa shape index (κ2) is 8.14. The summed E-state index contributed by atoms with van der Waals surface area (Å²) in [5.41, 5.74) is 3.95. The second-order valence-corrected chi connectivity index (χ2v) is 7.52. The third-order valence-electron chi connectivity index (χ3n) is 5.27. The molecule has 1 unspecified atom stereocenters. The van der Waals surface area contributed by atoms with Gasteiger partial charge in [-0.25, -0.2) is 0 Å². The quantitative estimate of drug-likeness (QED) is 0.528. The molecule has 0 saturated carbocycles. The molecule has 1 aliphatic heterocycles. The molecule has 0 aliphatic carbocycles. The normalized spacial score (nSPS) is 16.2. The summed E-state index contributed by atoms with van der Waals surface area (Å²) in [6.45, 7) is 2.42. The molecule has 0 spiro atoms. The number of aromatic amines is 1. The maximum absolute atomic E-state index is 12.4. The Hall–Kier alpha value is -3.20. The molecule has 3 aromatic rings. The molecule has 3 N–H and O–H groups in total. The summed E-state index contributed by atoms with van der Waals surface area (Å²) in [7, 11) is 0. The van der Waals surface area contributed by atoms with E-state index in [-0.39, 0.29) is 24.8 Å². The highest BCUT2D eigenvalue weighted by Gasteiger charge is 2.31. The third-order valence-corrected chi connectivity index (χ3v) is 5.27. The minimum Gasteiger partial charge on any atom is -0.489 e. The zero-order valence-corrected chi connectivity index (χ0v) is 16.7. The molecule has 1 atom stereocenters. The Bertz CT molecular complexity index is 1120. The van der Waals surface area contributed by atoms with Crippen molar-refractivity contribution in [3.8, 4) is 11.5 Å². The smallest absolute Gasteiger partial charge is 0.489 e. The minimum atomic E-state index is -4.73. The number of carboxylic acids is 1. The lowest BCUT2D eigenvalue weighted by Crippen LogP contribution is -2.31. The van der Waals surface area contributed by atoms with Gasteiger partial charge < -0.3 is 24.9 Å². The van der Waals surface area contributed by atoms with E-state index in [0.29, 0.717) is 23.4 Å². The Balaban J connectivity index is 1.51. The number of aromatic nitrogens is 1. The molecule has 2 aromatic carbocycles. The van der Waals surface area contributed by atoms with Crippen LogP contribution < -0.4 is 14.8 Å². The van der Waals surface area contributed by atoms with Crippen molar-refractivity contribution < 1.29 is 32.5 Å². The molecule has 0 fully saturated rings. The van der Waals surface area contributed by atoms with Crippen molar-refractivity contribution in [1.29, 1.82) is 0 Å². The molecule has 1 aromatic heterocycles. The van der Waals surface area contributed by atoms with Crippen molar-refractivity contribution >= 4 is 16.9 Å². The van der Waals surface area contributed by atoms with Crippen molar-refractivity contribution in [1.82, 2.24) is 10.3 Å². The zero-order valence-electron chi connectivity index (χ0n) is 16.7. The maximum atomic E-state index is 12.4. The maximum Gasteiger partial charge on any atom is 0.573 e. The first-order valence-electron chi connectivity index (χ1n) is 9.77. The number of hydrogen-bond acceptors (Lipinski definition) is 4. The van der Waals surface area contributed by atoms with Crippen LogP contribution in [0.1, 0.15) is 34.8 Å². The molecule has 0 amide bonds. The van der Waals surface area contributed by atoms with Crippen LogP contribution in [-0.2, 0) is 17.8 Å². The highest BCUT2D eigenvalue weighted by Crippen LogP contribution is 2.34. The van der Waals surface area contributed by atoms with Crippen molar-refractivity contribution in [3.05, 3.63) is 58.8 Å². The van der Waals surface area contributed by atoms with E-state index in [0.717, 1.165) is 28.6 Å². The van der Waals surface area contributed by atoms with Gasteiger partial charge in [-0.3, -0.25) is 4.79 Å². The van der Waals surface area contributed by atoms with Gasteiger partial charge in [0.2, 0.25) is 0 Å². The van der Waals surface area contributed by atoms with Crippen LogP contribution in [-0.4, -0.2) is 29.0 Å². The first-order valence-corrected chi connectivity index (χ1v) is 9.77. The Morgan fingerprint density at radius 1 is 1.23 bits per heavy atom. The van der Waals surface area contributed by atoms with Crippen molar-refractivity contribution in [2.24, 2.45) is 0 Å². The first-order chi connectivity index (χ1) is 14.7. The number of alkyl halides is 3. The van der Waals surface area contributed by atoms with Crippen LogP contribution in [0, 0.1) is 6.92 Å². The van der Waals surface area contributed by atoms with Gasteiger partial charge in [0, 0.05) is 16.6 Å². The summed E-state index contributed by atoms with van der Waals surface area (Å²) >= 11 is 0. The van der Waals surface area contributed by atoms with Crippen LogP contribution >= 0.6 is 0 Å². The molecular weight excluding hydrogens is 413 g/mol. The van der Waals surface area contributed by atoms with E-state index in [1.807, 2.05) is 12.1 Å². The number of fused-ring (bicyclic) bond motifs is 3. The number of H-pyrrole nitrogens is 1. The van der Waals surface area contributed by atoms with Gasteiger partial charge in [0.1, 0.15) is 18.1 Å². The van der Waals surface area contributed by atoms with E-state index in [1.165, 1.54) is 12.1 Å². The summed E-state index contributed by atoms with van der Waals surface area (Å²) in [5.74, 6) is -0.480. The number of nitrogens with one attached hydrogen (secondary N) is 2. The fourth-order valence-electron chi connectivity index (χ4n) is 3.93. The molecule has 164 valence electrons. The molecule has 6 nitrogen and oxygen atoms in total. The summed E-state index contributed by atoms with van der Waals surface area (Å²) in [5, 5.41) is 13.4. The number of carboxylic acid groups (broad SMARTS) is 1. The number of hydrogen-bond donors (Lipinski definition) is 3. The molecule has 0 saturated heterocycles. The van der Waals surface area contributed by atoms with Crippen LogP contribution in [0.3, 0.4) is 0 Å². The molecule has 2 heterocycles. The van der Waals surface area contributed by atoms with E-state index in [9.17, 15) is 18.0 Å². The number of benzene rings is 2. The van der Waals surface area contributed by atoms with E-state index < -0.39 is 12.3 Å². The number of halogens is 3. The third kappa shape index (κ3) is 4.77. The van der Waals surface area contributed by atoms with Gasteiger partial charge in [-0.2, -0.15) is 0 Å². The van der Waals surface area contributed by atoms with Gasteiger partial charge in [0.25, 0.3) is 0 Å². The number of rotatable bonds is 6. The lowest BCUT2D eigenvalue weighted by atomic mass is 9.97. The Morgan fingerprint density at radius 3 is 2.74 bits per heavy atom. The summed E-state index contributed by atoms with van der Waals surface area (Å²) < 4.78 is 47.1. The topological polar surface area (TPSA) is 83.6 Å². The van der Waals surface area contributed by atoms with Crippen molar-refractivity contribution in [3.63, 3.8) is 0 Å². The van der Waals surface area contributed by atoms with Crippen molar-refractivity contribution in [2.45, 2.75) is 38.8 Å². The fraction of sp³-hybridized carbons (Fsp3) is 0.318. The van der Waals surface area contributed by atoms with E-state index in [1.54, 1.807) is 19.1 Å². The number of aryl methyl sites for hydroxylation is 1. The number of ether oxygens (including phenoxy) is 2. The molecule has 9 heteroatoms. The Morgan fingerprint density at radius 2 is 2.03 bits per heavy atom. The van der Waals surface area contributed by atoms with E-state index >= 15 is 0 Å². The molecule has 31 heavy (non-hydrogen) atoms. The Kier molecular flexibility index (Phi) is 5.53. The summed E-state index contributed by atoms with van der Waals surface area (Å²) in [6, 6.07) is 9.74. The lowest BCUT2D eigenvalue weighted by Gasteiger charge is -2.22. The SMILES string of the molecule is Cc1cc(COc2ccc3[nH]c4c(c3c2)CCNC4CC(=O)O)ccc1OC(F)(F)F. The standard InChI is InChI=1S/C22H21F3N2O4/c1-12-8-13(2-5-19(12)31-22(23,24)25)11-30-14-3-4-17-16(9-14)15-6-7-26-18(10-20(28)29)21(15)27-17/h2-5,8-9,18,26-27H,6-7,10-11H2,1H3,(H,28,29). The highest BCUT2D eigenvalue weighted by molar-refractivity contribution is 5.86. The summed E-state index contributed by atoms with van der Waals surface area (Å²) in [6.07, 6.45) is -3.96. The van der Waals surface area contributed by atoms with Crippen LogP contribution in [0.2, 0.25) is 0 Å². The summed E-state index contributed by atoms with van der Waals surface area (Å²) in [4.78, 5) is 14.5. The van der Waals surface area contributed by atoms with Gasteiger partial charge in [-0.15, -0.1) is 13.2 Å². The van der Waals surface area contributed by atoms with Crippen LogP contribution in [0.5, 0.6) is 11.5 Å². The van der Waals surface area contributed by atoms with Crippen LogP contribution in [0.25, 0.3) is 10.9 Å². The molecule has 0 radical (unpaired) electrons. The minimum absolute atomic E-state index is 0.00339. The highest BCUT2D eigenvalue weighted by atomic mass is 19.4. The van der Waals surface area contributed by atoms with E-state index in [4.69, 9.17) is 9.84 Å². The van der Waals surface area contributed by atoms with Gasteiger partial charge in [-0.1, -0.05) is 6.07 Å². The monoisotopic (exact) mass is 434 g/mol. The number of aliphatic carboxylic acids is 1. The molecule has 0 bridgehead atoms. The number of carbonyl (C=O) groups is 1. The van der Waals surface area contributed by atoms with Gasteiger partial charge >= 0.3 is 12.3 Å². The second-order valence-electron chi connectivity index (χ2n) is 7.52. The first kappa shape index (κ1) is 21.0. The lowest BCUT2D eigenvalue weighted by molar-refractivity contribution is -0.274. The predicted octanol–water partition coefficient (Wildman–Crippen LogP) is 4.62. The average molecular weight is 434 g/mol. The molecule has 1 aliphatic rings. The molecular formula is C22H21F3N2O4. The van der Waals surface area contributed by atoms with Gasteiger partial charge in [0.05, 0.1) is 12.5 Å². The largest absolute Gasteiger partial charge is 0.573 e. The fourth-order valence-corrected chi connectivity index (χ4v) is 3.93.